The van der Waals surface area contributed by atoms with Crippen molar-refractivity contribution >= 4 is 19.6 Å². The van der Waals surface area contributed by atoms with E-state index in [1.807, 2.05) is 0 Å². The number of carbonyl (C=O) groups excluding carboxylic acids is 1. The third kappa shape index (κ3) is 4.86. The molecule has 0 bridgehead atoms. The molecular formula is C12H18N3O10P. The zero-order valence-electron chi connectivity index (χ0n) is 13.4. The molecule has 0 saturated carbocycles. The highest BCUT2D eigenvalue weighted by Crippen LogP contribution is 2.38. The summed E-state index contributed by atoms with van der Waals surface area (Å²) in [7, 11) is -4.85. The molecule has 146 valence electrons. The standard InChI is InChI=1S/C12H18N3O10P/c1-5(16)11(18)25-9-8(17)6(4-23-26(20,21)22)24-10(9)15-3-2-7(13)14-12(15)19/h2-3,5-6,8-10,16-17H,4H2,1H3,(H2,13,14,19)(H2,20,21,22)/t5?,6-,8-,9-,10-/m1/s1. The molecule has 26 heavy (non-hydrogen) atoms. The van der Waals surface area contributed by atoms with Crippen LogP contribution in [0.15, 0.2) is 17.1 Å². The van der Waals surface area contributed by atoms with Gasteiger partial charge in [-0.25, -0.2) is 14.2 Å². The fourth-order valence-electron chi connectivity index (χ4n) is 2.23. The number of aliphatic hydroxyl groups is 2. The molecule has 0 amide bonds. The van der Waals surface area contributed by atoms with Gasteiger partial charge in [0.15, 0.2) is 12.3 Å². The first-order valence-electron chi connectivity index (χ1n) is 7.26. The molecule has 0 aliphatic carbocycles. The Morgan fingerprint density at radius 1 is 1.54 bits per heavy atom. The zero-order chi connectivity index (χ0) is 19.6. The number of nitrogens with two attached hydrogens (primary N) is 1. The number of phosphoric ester groups is 1. The van der Waals surface area contributed by atoms with E-state index in [0.717, 1.165) is 11.5 Å². The lowest BCUT2D eigenvalue weighted by molar-refractivity contribution is -0.167. The summed E-state index contributed by atoms with van der Waals surface area (Å²) in [6, 6.07) is 1.25. The van der Waals surface area contributed by atoms with E-state index < -0.39 is 56.7 Å². The van der Waals surface area contributed by atoms with Crippen molar-refractivity contribution in [3.63, 3.8) is 0 Å². The van der Waals surface area contributed by atoms with E-state index in [2.05, 4.69) is 9.51 Å². The highest BCUT2D eigenvalue weighted by atomic mass is 31.2. The number of carbonyl (C=O) groups is 1. The predicted octanol–water partition coefficient (Wildman–Crippen LogP) is -2.51. The first kappa shape index (κ1) is 20.5. The lowest BCUT2D eigenvalue weighted by atomic mass is 10.1. The predicted molar refractivity (Wildman–Crippen MR) is 82.4 cm³/mol. The molecule has 5 atom stereocenters. The molecule has 0 radical (unpaired) electrons. The number of ether oxygens (including phenoxy) is 2. The van der Waals surface area contributed by atoms with Crippen molar-refractivity contribution in [3.8, 4) is 0 Å². The van der Waals surface area contributed by atoms with Crippen molar-refractivity contribution in [3.05, 3.63) is 22.7 Å². The van der Waals surface area contributed by atoms with Gasteiger partial charge < -0.3 is 35.2 Å². The van der Waals surface area contributed by atoms with E-state index in [1.165, 1.54) is 12.3 Å². The topological polar surface area (TPSA) is 204 Å². The van der Waals surface area contributed by atoms with Crippen LogP contribution in [0.5, 0.6) is 0 Å². The SMILES string of the molecule is CC(O)C(=O)O[C@@H]1[C@H](O)[C@@H](COP(=O)(O)O)O[C@H]1n1ccc(N)nc1=O. The van der Waals surface area contributed by atoms with Gasteiger partial charge in [0.1, 0.15) is 24.1 Å². The van der Waals surface area contributed by atoms with Crippen LogP contribution in [0.25, 0.3) is 0 Å². The summed E-state index contributed by atoms with van der Waals surface area (Å²) in [5.41, 5.74) is 4.51. The van der Waals surface area contributed by atoms with Gasteiger partial charge in [0.2, 0.25) is 0 Å². The molecule has 1 unspecified atom stereocenters. The summed E-state index contributed by atoms with van der Waals surface area (Å²) in [5.74, 6) is -1.18. The van der Waals surface area contributed by atoms with Crippen LogP contribution in [0, 0.1) is 0 Å². The maximum Gasteiger partial charge on any atom is 0.469 e. The van der Waals surface area contributed by atoms with Crippen LogP contribution in [0.3, 0.4) is 0 Å². The van der Waals surface area contributed by atoms with Crippen molar-refractivity contribution in [2.45, 2.75) is 37.6 Å². The van der Waals surface area contributed by atoms with Gasteiger partial charge >= 0.3 is 19.5 Å². The number of hydrogen-bond donors (Lipinski definition) is 5. The summed E-state index contributed by atoms with van der Waals surface area (Å²) in [4.78, 5) is 44.7. The molecule has 2 rings (SSSR count). The number of aromatic nitrogens is 2. The average Bonchev–Trinajstić information content (AvgIpc) is 2.81. The lowest BCUT2D eigenvalue weighted by Gasteiger charge is -2.22. The van der Waals surface area contributed by atoms with Crippen LogP contribution in [0.1, 0.15) is 13.2 Å². The second kappa shape index (κ2) is 7.80. The Kier molecular flexibility index (Phi) is 6.13. The van der Waals surface area contributed by atoms with Crippen LogP contribution in [-0.2, 0) is 23.4 Å². The third-order valence-electron chi connectivity index (χ3n) is 3.44. The van der Waals surface area contributed by atoms with Gasteiger partial charge in [0.25, 0.3) is 0 Å². The van der Waals surface area contributed by atoms with Gasteiger partial charge in [-0.2, -0.15) is 4.98 Å². The minimum atomic E-state index is -4.85. The van der Waals surface area contributed by atoms with Crippen molar-refractivity contribution in [1.29, 1.82) is 0 Å². The number of nitrogen functional groups attached to an aromatic ring is 1. The fraction of sp³-hybridized carbons (Fsp3) is 0.583. The van der Waals surface area contributed by atoms with E-state index >= 15 is 0 Å². The summed E-state index contributed by atoms with van der Waals surface area (Å²) in [5, 5.41) is 19.5. The maximum atomic E-state index is 12.0. The number of rotatable bonds is 6. The second-order valence-corrected chi connectivity index (χ2v) is 6.70. The van der Waals surface area contributed by atoms with Crippen molar-refractivity contribution in [1.82, 2.24) is 9.55 Å². The molecule has 2 heterocycles. The molecule has 13 nitrogen and oxygen atoms in total. The van der Waals surface area contributed by atoms with Crippen molar-refractivity contribution in [2.24, 2.45) is 0 Å². The molecule has 0 aromatic carbocycles. The van der Waals surface area contributed by atoms with Crippen LogP contribution in [-0.4, -0.2) is 66.5 Å². The van der Waals surface area contributed by atoms with Gasteiger partial charge in [-0.3, -0.25) is 9.09 Å². The van der Waals surface area contributed by atoms with E-state index in [1.54, 1.807) is 0 Å². The van der Waals surface area contributed by atoms with Crippen LogP contribution in [0.4, 0.5) is 5.82 Å². The first-order valence-corrected chi connectivity index (χ1v) is 8.79. The second-order valence-electron chi connectivity index (χ2n) is 5.46. The Hall–Kier alpha value is -1.86. The van der Waals surface area contributed by atoms with Crippen molar-refractivity contribution < 1.29 is 43.4 Å². The highest BCUT2D eigenvalue weighted by molar-refractivity contribution is 7.46. The van der Waals surface area contributed by atoms with Gasteiger partial charge in [-0.15, -0.1) is 0 Å². The van der Waals surface area contributed by atoms with Crippen LogP contribution in [0.2, 0.25) is 0 Å². The Bertz CT molecular complexity index is 762. The summed E-state index contributed by atoms with van der Waals surface area (Å²) >= 11 is 0. The summed E-state index contributed by atoms with van der Waals surface area (Å²) < 4.78 is 26.3. The van der Waals surface area contributed by atoms with Crippen LogP contribution >= 0.6 is 7.82 Å². The molecular weight excluding hydrogens is 377 g/mol. The van der Waals surface area contributed by atoms with Gasteiger partial charge in [-0.1, -0.05) is 0 Å². The average molecular weight is 395 g/mol. The normalized spacial score (nSPS) is 27.3. The van der Waals surface area contributed by atoms with Gasteiger partial charge in [0.05, 0.1) is 6.61 Å². The number of aliphatic hydroxyl groups excluding tert-OH is 2. The highest BCUT2D eigenvalue weighted by Gasteiger charge is 2.48. The number of nitrogens with zero attached hydrogens (tertiary/aromatic N) is 2. The molecule has 1 aliphatic heterocycles. The van der Waals surface area contributed by atoms with Gasteiger partial charge in [-0.05, 0) is 13.0 Å². The summed E-state index contributed by atoms with van der Waals surface area (Å²) in [6.45, 7) is 0.382. The molecule has 1 aromatic rings. The Morgan fingerprint density at radius 3 is 2.73 bits per heavy atom. The molecule has 6 N–H and O–H groups in total. The third-order valence-corrected chi connectivity index (χ3v) is 3.92. The van der Waals surface area contributed by atoms with E-state index in [0.29, 0.717) is 0 Å². The molecule has 1 saturated heterocycles. The molecule has 1 aliphatic rings. The largest absolute Gasteiger partial charge is 0.469 e. The Balaban J connectivity index is 2.30. The Morgan fingerprint density at radius 2 is 2.19 bits per heavy atom. The molecule has 1 aromatic heterocycles. The number of anilines is 1. The van der Waals surface area contributed by atoms with E-state index in [4.69, 9.17) is 25.0 Å². The fourth-order valence-corrected chi connectivity index (χ4v) is 2.57. The van der Waals surface area contributed by atoms with Gasteiger partial charge in [0, 0.05) is 6.20 Å². The molecule has 1 fully saturated rings. The minimum Gasteiger partial charge on any atom is -0.453 e. The summed E-state index contributed by atoms with van der Waals surface area (Å²) in [6.07, 6.45) is -6.17. The zero-order valence-corrected chi connectivity index (χ0v) is 14.3. The smallest absolute Gasteiger partial charge is 0.453 e. The Labute approximate surface area is 146 Å². The minimum absolute atomic E-state index is 0.0799. The number of phosphoric acid groups is 1. The first-order chi connectivity index (χ1) is 12.0. The maximum absolute atomic E-state index is 12.0. The van der Waals surface area contributed by atoms with Crippen molar-refractivity contribution in [2.75, 3.05) is 12.3 Å². The molecule has 14 heteroatoms. The van der Waals surface area contributed by atoms with E-state index in [9.17, 15) is 24.4 Å². The number of hydrogen-bond acceptors (Lipinski definition) is 10. The lowest BCUT2D eigenvalue weighted by Crippen LogP contribution is -2.41. The monoisotopic (exact) mass is 395 g/mol. The van der Waals surface area contributed by atoms with Crippen LogP contribution < -0.4 is 11.4 Å². The number of esters is 1. The quantitative estimate of drug-likeness (QED) is 0.250. The van der Waals surface area contributed by atoms with E-state index in [-0.39, 0.29) is 5.82 Å². The molecule has 0 spiro atoms.